The van der Waals surface area contributed by atoms with Crippen molar-refractivity contribution in [2.24, 2.45) is 5.10 Å². The Morgan fingerprint density at radius 2 is 1.62 bits per heavy atom. The van der Waals surface area contributed by atoms with Gasteiger partial charge in [0.1, 0.15) is 11.5 Å². The minimum atomic E-state index is -4.25. The lowest BCUT2D eigenvalue weighted by atomic mass is 10.1. The van der Waals surface area contributed by atoms with Crippen LogP contribution >= 0.6 is 0 Å². The second-order valence-corrected chi connectivity index (χ2v) is 9.81. The molecule has 3 N–H and O–H groups in total. The third kappa shape index (κ3) is 6.29. The van der Waals surface area contributed by atoms with Crippen LogP contribution in [-0.2, 0) is 10.1 Å². The highest BCUT2D eigenvalue weighted by Gasteiger charge is 2.16. The van der Waals surface area contributed by atoms with Gasteiger partial charge in [0.2, 0.25) is 17.8 Å². The number of rotatable bonds is 8. The molecule has 12 heteroatoms. The van der Waals surface area contributed by atoms with E-state index >= 15 is 0 Å². The summed E-state index contributed by atoms with van der Waals surface area (Å²) in [6.45, 7) is 1.77. The normalized spacial score (nSPS) is 14.1. The van der Waals surface area contributed by atoms with Crippen LogP contribution in [0.2, 0.25) is 0 Å². The van der Waals surface area contributed by atoms with Crippen LogP contribution in [0.5, 0.6) is 0 Å². The Balaban J connectivity index is 1.31. The maximum atomic E-state index is 11.2. The summed E-state index contributed by atoms with van der Waals surface area (Å²) in [5.41, 5.74) is 4.37. The van der Waals surface area contributed by atoms with Gasteiger partial charge in [-0.15, -0.1) is 0 Å². The van der Waals surface area contributed by atoms with Crippen molar-refractivity contribution in [3.8, 4) is 11.3 Å². The average Bonchev–Trinajstić information content (AvgIpc) is 3.38. The predicted molar refractivity (Wildman–Crippen MR) is 141 cm³/mol. The number of hydrazone groups is 1. The van der Waals surface area contributed by atoms with Crippen LogP contribution in [0, 0.1) is 0 Å². The van der Waals surface area contributed by atoms with E-state index in [2.05, 4.69) is 35.7 Å². The van der Waals surface area contributed by atoms with E-state index in [1.807, 2.05) is 30.3 Å². The van der Waals surface area contributed by atoms with Crippen LogP contribution in [0.1, 0.15) is 25.0 Å². The molecule has 1 saturated heterocycles. The standard InChI is InChI=1S/C25H25N7O4S/c33-37(34,35)21-12-9-18(10-13-21)22-14-11-20(36-22)17-26-31-24-28-23(27-19-7-3-1-4-8-19)29-25(30-24)32-15-5-2-6-16-32/h1,3-4,7-14,17H,2,5-6,15-16H2,(H,33,34,35)(H2,27,28,29,30,31). The first-order valence-electron chi connectivity index (χ1n) is 11.7. The Morgan fingerprint density at radius 3 is 2.35 bits per heavy atom. The van der Waals surface area contributed by atoms with Crippen molar-refractivity contribution >= 4 is 39.9 Å². The van der Waals surface area contributed by atoms with Gasteiger partial charge in [-0.25, -0.2) is 5.43 Å². The molecular formula is C25H25N7O4S. The van der Waals surface area contributed by atoms with Gasteiger partial charge < -0.3 is 14.6 Å². The van der Waals surface area contributed by atoms with Crippen molar-refractivity contribution < 1.29 is 17.4 Å². The molecule has 0 aliphatic carbocycles. The highest BCUT2D eigenvalue weighted by molar-refractivity contribution is 7.85. The molecule has 0 bridgehead atoms. The second kappa shape index (κ2) is 10.8. The van der Waals surface area contributed by atoms with Crippen LogP contribution in [0.4, 0.5) is 23.5 Å². The van der Waals surface area contributed by atoms with E-state index < -0.39 is 10.1 Å². The minimum Gasteiger partial charge on any atom is -0.455 e. The zero-order chi connectivity index (χ0) is 25.7. The Hall–Kier alpha value is -4.29. The van der Waals surface area contributed by atoms with Crippen molar-refractivity contribution in [2.75, 3.05) is 28.7 Å². The molecule has 1 aliphatic heterocycles. The van der Waals surface area contributed by atoms with Crippen LogP contribution in [0.15, 0.2) is 81.1 Å². The Morgan fingerprint density at radius 1 is 0.892 bits per heavy atom. The summed E-state index contributed by atoms with van der Waals surface area (Å²) >= 11 is 0. The molecule has 0 radical (unpaired) electrons. The molecule has 0 amide bonds. The Kier molecular flexibility index (Phi) is 7.10. The molecular weight excluding hydrogens is 494 g/mol. The molecule has 3 heterocycles. The molecule has 0 atom stereocenters. The SMILES string of the molecule is O=S(=O)(O)c1ccc(-c2ccc(C=NNc3nc(Nc4ccccc4)nc(N4CCCCC4)n3)o2)cc1. The summed E-state index contributed by atoms with van der Waals surface area (Å²) in [6, 6.07) is 18.8. The van der Waals surface area contributed by atoms with Gasteiger partial charge in [-0.1, -0.05) is 18.2 Å². The van der Waals surface area contributed by atoms with E-state index in [1.54, 1.807) is 24.3 Å². The van der Waals surface area contributed by atoms with Crippen molar-refractivity contribution in [1.82, 2.24) is 15.0 Å². The third-order valence-electron chi connectivity index (χ3n) is 5.71. The second-order valence-electron chi connectivity index (χ2n) is 8.39. The zero-order valence-corrected chi connectivity index (χ0v) is 20.6. The Labute approximate surface area is 214 Å². The maximum absolute atomic E-state index is 11.2. The zero-order valence-electron chi connectivity index (χ0n) is 19.8. The average molecular weight is 520 g/mol. The van der Waals surface area contributed by atoms with Crippen molar-refractivity contribution in [3.05, 3.63) is 72.5 Å². The lowest BCUT2D eigenvalue weighted by molar-refractivity contribution is 0.483. The highest BCUT2D eigenvalue weighted by Crippen LogP contribution is 2.24. The first-order chi connectivity index (χ1) is 17.9. The maximum Gasteiger partial charge on any atom is 0.294 e. The number of nitrogens with zero attached hydrogens (tertiary/aromatic N) is 5. The number of hydrogen-bond acceptors (Lipinski definition) is 10. The molecule has 4 aromatic rings. The van der Waals surface area contributed by atoms with Crippen LogP contribution < -0.4 is 15.6 Å². The van der Waals surface area contributed by atoms with E-state index in [1.165, 1.54) is 24.8 Å². The van der Waals surface area contributed by atoms with E-state index in [-0.39, 0.29) is 10.8 Å². The summed E-state index contributed by atoms with van der Waals surface area (Å²) in [4.78, 5) is 15.6. The summed E-state index contributed by atoms with van der Waals surface area (Å²) in [5.74, 6) is 2.27. The van der Waals surface area contributed by atoms with Gasteiger partial charge in [0.25, 0.3) is 10.1 Å². The predicted octanol–water partition coefficient (Wildman–Crippen LogP) is 4.56. The number of para-hydroxylation sites is 1. The number of anilines is 4. The van der Waals surface area contributed by atoms with Crippen LogP contribution in [0.25, 0.3) is 11.3 Å². The van der Waals surface area contributed by atoms with Gasteiger partial charge in [0.05, 0.1) is 11.1 Å². The molecule has 1 fully saturated rings. The molecule has 2 aromatic heterocycles. The summed E-state index contributed by atoms with van der Waals surface area (Å²) < 4.78 is 37.4. The first-order valence-corrected chi connectivity index (χ1v) is 13.2. The van der Waals surface area contributed by atoms with Gasteiger partial charge in [-0.2, -0.15) is 28.5 Å². The molecule has 1 aliphatic rings. The summed E-state index contributed by atoms with van der Waals surface area (Å²) in [6.07, 6.45) is 4.87. The molecule has 37 heavy (non-hydrogen) atoms. The summed E-state index contributed by atoms with van der Waals surface area (Å²) in [7, 11) is -4.25. The van der Waals surface area contributed by atoms with E-state index in [9.17, 15) is 8.42 Å². The van der Waals surface area contributed by atoms with Gasteiger partial charge in [-0.05, 0) is 67.8 Å². The molecule has 0 unspecified atom stereocenters. The largest absolute Gasteiger partial charge is 0.455 e. The summed E-state index contributed by atoms with van der Waals surface area (Å²) in [5, 5.41) is 7.43. The molecule has 2 aromatic carbocycles. The van der Waals surface area contributed by atoms with E-state index in [4.69, 9.17) is 8.97 Å². The molecule has 0 spiro atoms. The van der Waals surface area contributed by atoms with Crippen molar-refractivity contribution in [2.45, 2.75) is 24.2 Å². The van der Waals surface area contributed by atoms with Gasteiger partial charge in [-0.3, -0.25) is 4.55 Å². The molecule has 190 valence electrons. The quantitative estimate of drug-likeness (QED) is 0.172. The van der Waals surface area contributed by atoms with Crippen LogP contribution in [-0.4, -0.2) is 47.2 Å². The lowest BCUT2D eigenvalue weighted by Gasteiger charge is -2.26. The first kappa shape index (κ1) is 24.4. The highest BCUT2D eigenvalue weighted by atomic mass is 32.2. The van der Waals surface area contributed by atoms with Crippen molar-refractivity contribution in [1.29, 1.82) is 0 Å². The topological polar surface area (TPSA) is 146 Å². The Bertz CT molecular complexity index is 1480. The van der Waals surface area contributed by atoms with Crippen LogP contribution in [0.3, 0.4) is 0 Å². The number of hydrogen-bond donors (Lipinski definition) is 3. The van der Waals surface area contributed by atoms with Crippen molar-refractivity contribution in [3.63, 3.8) is 0 Å². The van der Waals surface area contributed by atoms with E-state index in [0.29, 0.717) is 29.0 Å². The molecule has 5 rings (SSSR count). The fourth-order valence-corrected chi connectivity index (χ4v) is 4.36. The van der Waals surface area contributed by atoms with E-state index in [0.717, 1.165) is 31.6 Å². The fourth-order valence-electron chi connectivity index (χ4n) is 3.88. The molecule has 0 saturated carbocycles. The fraction of sp³-hybridized carbons (Fsp3) is 0.200. The van der Waals surface area contributed by atoms with Gasteiger partial charge in [0, 0.05) is 24.3 Å². The number of piperidine rings is 1. The smallest absolute Gasteiger partial charge is 0.294 e. The monoisotopic (exact) mass is 519 g/mol. The number of furan rings is 1. The molecule has 11 nitrogen and oxygen atoms in total. The lowest BCUT2D eigenvalue weighted by Crippen LogP contribution is -2.31. The third-order valence-corrected chi connectivity index (χ3v) is 6.58. The number of nitrogens with one attached hydrogen (secondary N) is 2. The minimum absolute atomic E-state index is 0.184. The van der Waals surface area contributed by atoms with Gasteiger partial charge >= 0.3 is 0 Å². The number of aromatic nitrogens is 3. The number of benzene rings is 2. The van der Waals surface area contributed by atoms with Gasteiger partial charge in [0.15, 0.2) is 0 Å².